The number of hydroxylamine groups is 3. The Morgan fingerprint density at radius 2 is 2.10 bits per heavy atom. The van der Waals surface area contributed by atoms with Crippen molar-refractivity contribution in [3.8, 4) is 0 Å². The average Bonchev–Trinajstić information content (AvgIpc) is 2.91. The van der Waals surface area contributed by atoms with E-state index in [1.807, 2.05) is 6.07 Å². The van der Waals surface area contributed by atoms with Crippen LogP contribution in [-0.2, 0) is 6.42 Å². The maximum absolute atomic E-state index is 13.0. The molecule has 0 spiro atoms. The molecule has 1 unspecified atom stereocenters. The van der Waals surface area contributed by atoms with E-state index in [9.17, 15) is 5.21 Å². The van der Waals surface area contributed by atoms with Gasteiger partial charge in [-0.1, -0.05) is 30.7 Å². The van der Waals surface area contributed by atoms with E-state index in [-0.39, 0.29) is 4.65 Å². The molecule has 1 aromatic carbocycles. The van der Waals surface area contributed by atoms with E-state index in [1.54, 1.807) is 0 Å². The van der Waals surface area contributed by atoms with Crippen LogP contribution in [0.25, 0.3) is 10.9 Å². The maximum Gasteiger partial charge on any atom is 0.100 e. The third kappa shape index (κ3) is 2.89. The van der Waals surface area contributed by atoms with E-state index in [0.717, 1.165) is 31.3 Å². The van der Waals surface area contributed by atoms with Gasteiger partial charge >= 0.3 is 0 Å². The Labute approximate surface area is 126 Å². The highest BCUT2D eigenvalue weighted by atomic mass is 16.5. The molecule has 0 aliphatic carbocycles. The monoisotopic (exact) mass is 284 g/mol. The fourth-order valence-electron chi connectivity index (χ4n) is 3.38. The van der Waals surface area contributed by atoms with Crippen molar-refractivity contribution in [1.82, 2.24) is 4.98 Å². The van der Waals surface area contributed by atoms with Crippen LogP contribution in [0, 0.1) is 5.21 Å². The zero-order valence-electron chi connectivity index (χ0n) is 13.0. The van der Waals surface area contributed by atoms with Crippen LogP contribution in [-0.4, -0.2) is 29.3 Å². The summed E-state index contributed by atoms with van der Waals surface area (Å²) in [4.78, 5) is 3.30. The van der Waals surface area contributed by atoms with Crippen LogP contribution in [0.15, 0.2) is 41.6 Å². The Hall–Kier alpha value is -1.58. The van der Waals surface area contributed by atoms with Crippen molar-refractivity contribution in [2.45, 2.75) is 33.1 Å². The van der Waals surface area contributed by atoms with Gasteiger partial charge in [0.25, 0.3) is 0 Å². The second kappa shape index (κ2) is 5.66. The molecule has 0 amide bonds. The van der Waals surface area contributed by atoms with E-state index in [1.165, 1.54) is 22.1 Å². The molecule has 0 saturated heterocycles. The largest absolute Gasteiger partial charge is 0.633 e. The van der Waals surface area contributed by atoms with Crippen LogP contribution in [0.4, 0.5) is 0 Å². The maximum atomic E-state index is 13.0. The van der Waals surface area contributed by atoms with Gasteiger partial charge < -0.3 is 14.8 Å². The molecule has 1 aromatic heterocycles. The van der Waals surface area contributed by atoms with Gasteiger partial charge in [-0.2, -0.15) is 0 Å². The van der Waals surface area contributed by atoms with Crippen LogP contribution in [0.3, 0.4) is 0 Å². The molecule has 0 bridgehead atoms. The van der Waals surface area contributed by atoms with Gasteiger partial charge in [0.1, 0.15) is 6.54 Å². The first-order chi connectivity index (χ1) is 10.1. The molecule has 3 heteroatoms. The summed E-state index contributed by atoms with van der Waals surface area (Å²) in [5, 5.41) is 14.2. The Balaban J connectivity index is 1.73. The number of rotatable bonds is 4. The number of nitrogens with one attached hydrogen (secondary N) is 1. The Kier molecular flexibility index (Phi) is 3.87. The second-order valence-corrected chi connectivity index (χ2v) is 6.26. The van der Waals surface area contributed by atoms with Gasteiger partial charge in [0.15, 0.2) is 0 Å². The molecular weight excluding hydrogens is 260 g/mol. The van der Waals surface area contributed by atoms with Gasteiger partial charge in [-0.25, -0.2) is 0 Å². The molecule has 1 aliphatic heterocycles. The number of quaternary nitrogens is 1. The van der Waals surface area contributed by atoms with E-state index in [4.69, 9.17) is 0 Å². The first-order valence-corrected chi connectivity index (χ1v) is 7.91. The van der Waals surface area contributed by atoms with Crippen molar-refractivity contribution < 1.29 is 4.65 Å². The van der Waals surface area contributed by atoms with Gasteiger partial charge in [-0.05, 0) is 30.5 Å². The fraction of sp³-hybridized carbons (Fsp3) is 0.444. The minimum Gasteiger partial charge on any atom is -0.633 e. The lowest BCUT2D eigenvalue weighted by molar-refractivity contribution is -0.877. The number of hydrogen-bond acceptors (Lipinski definition) is 1. The molecule has 0 radical (unpaired) electrons. The molecule has 2 aromatic rings. The highest BCUT2D eigenvalue weighted by Gasteiger charge is 2.24. The molecule has 21 heavy (non-hydrogen) atoms. The van der Waals surface area contributed by atoms with E-state index in [2.05, 4.69) is 43.2 Å². The summed E-state index contributed by atoms with van der Waals surface area (Å²) in [6.45, 7) is 6.44. The quantitative estimate of drug-likeness (QED) is 0.511. The molecule has 112 valence electrons. The molecule has 0 fully saturated rings. The summed E-state index contributed by atoms with van der Waals surface area (Å²) in [5.74, 6) is 0. The average molecular weight is 284 g/mol. The number of aromatic nitrogens is 1. The Morgan fingerprint density at radius 1 is 1.29 bits per heavy atom. The van der Waals surface area contributed by atoms with Crippen LogP contribution in [0.1, 0.15) is 32.3 Å². The SMILES string of the molecule is CCC1=C(C)CC[N+]([O-])(CCc2c[nH]c3ccccc23)C1. The molecule has 1 aliphatic rings. The molecule has 1 N–H and O–H groups in total. The summed E-state index contributed by atoms with van der Waals surface area (Å²) in [7, 11) is 0. The Morgan fingerprint density at radius 3 is 2.90 bits per heavy atom. The van der Waals surface area contributed by atoms with Crippen LogP contribution in [0.2, 0.25) is 0 Å². The topological polar surface area (TPSA) is 38.8 Å². The summed E-state index contributed by atoms with van der Waals surface area (Å²) in [6, 6.07) is 8.32. The lowest BCUT2D eigenvalue weighted by Crippen LogP contribution is -2.48. The number of benzene rings is 1. The number of H-pyrrole nitrogens is 1. The predicted octanol–water partition coefficient (Wildman–Crippen LogP) is 4.16. The second-order valence-electron chi connectivity index (χ2n) is 6.26. The van der Waals surface area contributed by atoms with E-state index < -0.39 is 0 Å². The van der Waals surface area contributed by atoms with Crippen molar-refractivity contribution in [1.29, 1.82) is 0 Å². The minimum atomic E-state index is -0.0555. The van der Waals surface area contributed by atoms with Gasteiger partial charge in [-0.15, -0.1) is 0 Å². The summed E-state index contributed by atoms with van der Waals surface area (Å²) in [5.41, 5.74) is 5.24. The number of aromatic amines is 1. The van der Waals surface area contributed by atoms with Crippen molar-refractivity contribution in [3.05, 3.63) is 52.4 Å². The molecule has 3 rings (SSSR count). The predicted molar refractivity (Wildman–Crippen MR) is 87.8 cm³/mol. The summed E-state index contributed by atoms with van der Waals surface area (Å²) >= 11 is 0. The molecule has 3 nitrogen and oxygen atoms in total. The normalized spacial score (nSPS) is 23.0. The number of nitrogens with zero attached hydrogens (tertiary/aromatic N) is 1. The summed E-state index contributed by atoms with van der Waals surface area (Å²) in [6.07, 6.45) is 4.88. The van der Waals surface area contributed by atoms with Crippen molar-refractivity contribution in [3.63, 3.8) is 0 Å². The Bertz CT molecular complexity index is 671. The standard InChI is InChI=1S/C18H24N2O/c1-3-15-13-20(21,10-8-14(15)2)11-9-16-12-19-18-7-5-4-6-17(16)18/h4-7,12,19H,3,8-11,13H2,1-2H3. The van der Waals surface area contributed by atoms with E-state index >= 15 is 0 Å². The first-order valence-electron chi connectivity index (χ1n) is 7.91. The fourth-order valence-corrected chi connectivity index (χ4v) is 3.38. The number of hydrogen-bond donors (Lipinski definition) is 1. The van der Waals surface area contributed by atoms with E-state index in [0.29, 0.717) is 13.1 Å². The summed E-state index contributed by atoms with van der Waals surface area (Å²) < 4.78 is -0.0555. The van der Waals surface area contributed by atoms with Crippen LogP contribution >= 0.6 is 0 Å². The zero-order chi connectivity index (χ0) is 14.9. The van der Waals surface area contributed by atoms with Gasteiger partial charge in [0.05, 0.1) is 13.1 Å². The molecule has 1 atom stereocenters. The number of fused-ring (bicyclic) bond motifs is 1. The highest BCUT2D eigenvalue weighted by molar-refractivity contribution is 5.83. The first kappa shape index (κ1) is 14.4. The highest BCUT2D eigenvalue weighted by Crippen LogP contribution is 2.26. The number of para-hydroxylation sites is 1. The molecular formula is C18H24N2O. The van der Waals surface area contributed by atoms with Gasteiger partial charge in [0.2, 0.25) is 0 Å². The van der Waals surface area contributed by atoms with Gasteiger partial charge in [-0.3, -0.25) is 0 Å². The molecule has 0 saturated carbocycles. The zero-order valence-corrected chi connectivity index (χ0v) is 13.0. The molecule has 2 heterocycles. The van der Waals surface area contributed by atoms with Crippen molar-refractivity contribution in [2.24, 2.45) is 0 Å². The third-order valence-electron chi connectivity index (χ3n) is 4.87. The smallest absolute Gasteiger partial charge is 0.100 e. The lowest BCUT2D eigenvalue weighted by Gasteiger charge is -2.46. The van der Waals surface area contributed by atoms with Crippen molar-refractivity contribution >= 4 is 10.9 Å². The lowest BCUT2D eigenvalue weighted by atomic mass is 9.98. The van der Waals surface area contributed by atoms with Crippen molar-refractivity contribution in [2.75, 3.05) is 19.6 Å². The van der Waals surface area contributed by atoms with Gasteiger partial charge in [0, 0.05) is 29.9 Å². The van der Waals surface area contributed by atoms with Crippen LogP contribution in [0.5, 0.6) is 0 Å². The van der Waals surface area contributed by atoms with Crippen LogP contribution < -0.4 is 0 Å². The third-order valence-corrected chi connectivity index (χ3v) is 4.87. The minimum absolute atomic E-state index is 0.0555.